The Morgan fingerprint density at radius 2 is 0.585 bits per heavy atom. The van der Waals surface area contributed by atoms with Gasteiger partial charge in [0.25, 0.3) is 23.6 Å². The quantitative estimate of drug-likeness (QED) is 0.0549. The summed E-state index contributed by atoms with van der Waals surface area (Å²) in [6.07, 6.45) is 9.98. The maximum Gasteiger partial charge on any atom is 0.253 e. The molecule has 135 heavy (non-hydrogen) atoms. The van der Waals surface area contributed by atoms with Gasteiger partial charge in [0, 0.05) is 167 Å². The van der Waals surface area contributed by atoms with Gasteiger partial charge in [-0.1, -0.05) is 231 Å². The van der Waals surface area contributed by atoms with Crippen molar-refractivity contribution in [3.8, 4) is 44.5 Å². The minimum Gasteiger partial charge on any atom is -0.341 e. The topological polar surface area (TPSA) is 188 Å². The standard InChI is InChI=1S/C31H35N3O2.C25H31N3O2.C24H29N3O2.C18H20N2O.C12H18N2.5H2S/c1-32(31(36)28-14-12-27(13-15-28)26-10-6-3-7-11-26)29-17-19-34(23-29)30(35)20-25-16-18-33(22-25)21-24-8-4-2-5-9-24;1-26-14-12-19(17-26)16-24(29)28-15-13-23(18-28)27(2)25(30)22-10-8-21(9-11-22)20-6-4-3-5-7-20;1-26(22-12-14-27(17-22)23(28)15-18-11-13-25-16-18)24(29)21-9-7-20(8-10-21)19-5-3-2-4-6-19;1-20(17-11-12-19-13-17)18(21)16-9-7-15(8-10-16)14-5-3-2-4-6-14;1-13-12-7-8-14(10-12)9-11-5-3-2-4-6-11;;;;;/h2-15,25,29H,16-23H2,1H3;3-11,19,23H,12-18H2,1-2H3;2-10,18,22,25H,11-17H2,1H3;2-10,17,19H,11-13H2,1H3;2-6,12-13H,7-10H2,1H3;5*1H2/t25?,29-;19?,23-;18?,22-;17-;12-;;;;;/m00000...../s1. The highest BCUT2D eigenvalue weighted by Gasteiger charge is 2.38. The third-order valence-electron chi connectivity index (χ3n) is 27.6. The van der Waals surface area contributed by atoms with Gasteiger partial charge in [0.15, 0.2) is 0 Å². The summed E-state index contributed by atoms with van der Waals surface area (Å²) in [5, 5.41) is 9.95. The number of likely N-dealkylation sites (N-methyl/N-ethyl adjacent to an activating group) is 5. The Hall–Kier alpha value is -10.0. The van der Waals surface area contributed by atoms with Gasteiger partial charge in [-0.2, -0.15) is 67.5 Å². The fourth-order valence-electron chi connectivity index (χ4n) is 19.4. The Balaban J connectivity index is 0.000000192. The molecule has 10 aromatic carbocycles. The number of carbonyl (C=O) groups excluding carboxylic acids is 7. The second kappa shape index (κ2) is 54.8. The van der Waals surface area contributed by atoms with Gasteiger partial charge in [0.1, 0.15) is 0 Å². The Labute approximate surface area is 837 Å². The lowest BCUT2D eigenvalue weighted by molar-refractivity contribution is -0.132. The minimum atomic E-state index is 0. The van der Waals surface area contributed by atoms with Gasteiger partial charge >= 0.3 is 0 Å². The molecule has 8 aliphatic heterocycles. The maximum absolute atomic E-state index is 13.1. The highest BCUT2D eigenvalue weighted by Crippen LogP contribution is 2.31. The molecular weight excluding hydrogens is 1780 g/mol. The van der Waals surface area contributed by atoms with Crippen LogP contribution in [0.1, 0.15) is 123 Å². The first-order valence-corrected chi connectivity index (χ1v) is 47.2. The molecule has 20 nitrogen and oxygen atoms in total. The molecule has 8 heterocycles. The van der Waals surface area contributed by atoms with E-state index in [2.05, 4.69) is 148 Å². The van der Waals surface area contributed by atoms with Gasteiger partial charge < -0.3 is 55.1 Å². The van der Waals surface area contributed by atoms with Crippen molar-refractivity contribution in [3.63, 3.8) is 0 Å². The molecule has 25 heteroatoms. The van der Waals surface area contributed by atoms with E-state index in [1.165, 1.54) is 36.2 Å². The van der Waals surface area contributed by atoms with Gasteiger partial charge in [-0.15, -0.1) is 0 Å². The normalized spacial score (nSPS) is 19.9. The van der Waals surface area contributed by atoms with E-state index >= 15 is 0 Å². The lowest BCUT2D eigenvalue weighted by atomic mass is 10.0. The first-order chi connectivity index (χ1) is 63.3. The van der Waals surface area contributed by atoms with E-state index in [0.29, 0.717) is 85.4 Å². The summed E-state index contributed by atoms with van der Waals surface area (Å²) >= 11 is 0. The molecule has 8 atom stereocenters. The van der Waals surface area contributed by atoms with Gasteiger partial charge in [0.2, 0.25) is 17.7 Å². The highest BCUT2D eigenvalue weighted by atomic mass is 32.1. The molecular formula is C110H143N13O7S5. The molecule has 8 saturated heterocycles. The predicted octanol–water partition coefficient (Wildman–Crippen LogP) is 16.2. The van der Waals surface area contributed by atoms with Crippen LogP contribution < -0.4 is 16.0 Å². The van der Waals surface area contributed by atoms with Crippen molar-refractivity contribution < 1.29 is 33.6 Å². The lowest BCUT2D eigenvalue weighted by Gasteiger charge is -2.25. The summed E-state index contributed by atoms with van der Waals surface area (Å²) in [6.45, 7) is 16.6. The highest BCUT2D eigenvalue weighted by molar-refractivity contribution is 7.60. The number of hydrogen-bond donors (Lipinski definition) is 3. The van der Waals surface area contributed by atoms with Crippen LogP contribution in [0, 0.1) is 17.8 Å². The number of likely N-dealkylation sites (tertiary alicyclic amines) is 6. The summed E-state index contributed by atoms with van der Waals surface area (Å²) < 4.78 is 0. The molecule has 8 fully saturated rings. The van der Waals surface area contributed by atoms with Crippen molar-refractivity contribution in [2.75, 3.05) is 147 Å². The summed E-state index contributed by atoms with van der Waals surface area (Å²) in [4.78, 5) is 110. The third kappa shape index (κ3) is 31.0. The van der Waals surface area contributed by atoms with Gasteiger partial charge in [0.05, 0.1) is 18.1 Å². The SMILES string of the molecule is CN(C(=O)c1ccc(-c2ccccc2)cc1)[C@H]1CCN(C(=O)CC2CCN(Cc3ccccc3)C2)C1.CN(C(=O)c1ccc(-c2ccccc2)cc1)[C@H]1CCN(C(=O)CC2CCNC2)C1.CN(C(=O)c1ccc(-c2ccccc2)cc1)[C@H]1CCNC1.CN1CCC(CC(=O)N2CC[C@H](N(C)C(=O)c3ccc(-c4ccccc4)cc3)C2)C1.CN[C@H]1CCN(Cc2ccccc2)C1.S.S.S.S.S. The van der Waals surface area contributed by atoms with E-state index in [0.717, 1.165) is 175 Å². The first kappa shape index (κ1) is 109. The molecule has 0 aromatic heterocycles. The van der Waals surface area contributed by atoms with E-state index in [4.69, 9.17) is 0 Å². The summed E-state index contributed by atoms with van der Waals surface area (Å²) in [5.74, 6) is 2.22. The van der Waals surface area contributed by atoms with Crippen molar-refractivity contribution in [2.24, 2.45) is 17.8 Å². The first-order valence-electron chi connectivity index (χ1n) is 47.2. The molecule has 0 radical (unpaired) electrons. The van der Waals surface area contributed by atoms with Crippen molar-refractivity contribution >= 4 is 109 Å². The van der Waals surface area contributed by atoms with Crippen molar-refractivity contribution in [1.82, 2.24) is 64.9 Å². The maximum atomic E-state index is 13.1. The predicted molar refractivity (Wildman–Crippen MR) is 573 cm³/mol. The third-order valence-corrected chi connectivity index (χ3v) is 27.6. The Kier molecular flexibility index (Phi) is 44.1. The number of hydrogen-bond acceptors (Lipinski definition) is 13. The molecule has 0 saturated carbocycles. The number of benzene rings is 10. The molecule has 7 amide bonds. The molecule has 18 rings (SSSR count). The molecule has 0 aliphatic carbocycles. The van der Waals surface area contributed by atoms with Gasteiger partial charge in [-0.3, -0.25) is 43.4 Å². The molecule has 720 valence electrons. The van der Waals surface area contributed by atoms with Crippen LogP contribution in [0.4, 0.5) is 0 Å². The lowest BCUT2D eigenvalue weighted by Crippen LogP contribution is -2.40. The number of amides is 7. The van der Waals surface area contributed by atoms with Crippen LogP contribution >= 0.6 is 67.5 Å². The van der Waals surface area contributed by atoms with E-state index in [-0.39, 0.29) is 127 Å². The fourth-order valence-corrected chi connectivity index (χ4v) is 19.4. The zero-order valence-corrected chi connectivity index (χ0v) is 84.5. The summed E-state index contributed by atoms with van der Waals surface area (Å²) in [7, 11) is 11.6. The van der Waals surface area contributed by atoms with Crippen LogP contribution in [-0.4, -0.2) is 268 Å². The number of nitrogens with one attached hydrogen (secondary N) is 3. The van der Waals surface area contributed by atoms with Crippen LogP contribution in [0.2, 0.25) is 0 Å². The van der Waals surface area contributed by atoms with Crippen LogP contribution in [0.5, 0.6) is 0 Å². The van der Waals surface area contributed by atoms with Crippen LogP contribution in [0.15, 0.2) is 279 Å². The van der Waals surface area contributed by atoms with E-state index < -0.39 is 0 Å². The minimum absolute atomic E-state index is 0. The van der Waals surface area contributed by atoms with Crippen molar-refractivity contribution in [1.29, 1.82) is 0 Å². The van der Waals surface area contributed by atoms with Crippen molar-refractivity contribution in [2.45, 2.75) is 114 Å². The molecule has 3 N–H and O–H groups in total. The average molecular weight is 1920 g/mol. The van der Waals surface area contributed by atoms with Crippen LogP contribution in [0.3, 0.4) is 0 Å². The molecule has 10 aromatic rings. The van der Waals surface area contributed by atoms with E-state index in [1.807, 2.05) is 238 Å². The number of carbonyl (C=O) groups is 7. The van der Waals surface area contributed by atoms with Gasteiger partial charge in [-0.05, 0) is 220 Å². The van der Waals surface area contributed by atoms with Crippen LogP contribution in [-0.2, 0) is 27.5 Å². The van der Waals surface area contributed by atoms with Gasteiger partial charge in [-0.25, -0.2) is 0 Å². The van der Waals surface area contributed by atoms with E-state index in [1.54, 1.807) is 0 Å². The molecule has 8 aliphatic rings. The number of nitrogens with zero attached hydrogens (tertiary/aromatic N) is 10. The number of rotatable bonds is 23. The second-order valence-corrected chi connectivity index (χ2v) is 36.7. The Bertz CT molecular complexity index is 5260. The van der Waals surface area contributed by atoms with Crippen LogP contribution in [0.25, 0.3) is 44.5 Å². The largest absolute Gasteiger partial charge is 0.341 e. The Morgan fingerprint density at radius 3 is 0.889 bits per heavy atom. The summed E-state index contributed by atoms with van der Waals surface area (Å²) in [5.41, 5.74) is 14.6. The van der Waals surface area contributed by atoms with E-state index in [9.17, 15) is 33.6 Å². The molecule has 3 unspecified atom stereocenters. The zero-order valence-electron chi connectivity index (χ0n) is 79.5. The monoisotopic (exact) mass is 1920 g/mol. The van der Waals surface area contributed by atoms with Crippen molar-refractivity contribution in [3.05, 3.63) is 312 Å². The fraction of sp³-hybridized carbons (Fsp3) is 0.391. The molecule has 0 spiro atoms. The smallest absolute Gasteiger partial charge is 0.253 e. The average Bonchev–Trinajstić information content (AvgIpc) is 1.53. The summed E-state index contributed by atoms with van der Waals surface area (Å²) in [6, 6.07) is 94.4. The zero-order chi connectivity index (χ0) is 90.7. The molecule has 0 bridgehead atoms. The second-order valence-electron chi connectivity index (χ2n) is 36.7. The Morgan fingerprint density at radius 1 is 0.296 bits per heavy atom.